The van der Waals surface area contributed by atoms with Gasteiger partial charge in [0.15, 0.2) is 5.81 Å². The quantitative estimate of drug-likeness (QED) is 0.744. The fourth-order valence-corrected chi connectivity index (χ4v) is 2.81. The lowest BCUT2D eigenvalue weighted by Gasteiger charge is -2.18. The molecule has 5 heteroatoms. The molecule has 102 valence electrons. The van der Waals surface area contributed by atoms with Gasteiger partial charge in [-0.3, -0.25) is 9.69 Å². The first-order valence-corrected chi connectivity index (χ1v) is 6.83. The van der Waals surface area contributed by atoms with Crippen LogP contribution in [0, 0.1) is 5.92 Å². The summed E-state index contributed by atoms with van der Waals surface area (Å²) in [4.78, 5) is 13.6. The van der Waals surface area contributed by atoms with Crippen molar-refractivity contribution in [3.8, 4) is 0 Å². The van der Waals surface area contributed by atoms with E-state index in [1.807, 2.05) is 18.2 Å². The molecule has 0 aromatic heterocycles. The summed E-state index contributed by atoms with van der Waals surface area (Å²) >= 11 is 0. The highest BCUT2D eigenvalue weighted by Crippen LogP contribution is 2.22. The maximum Gasteiger partial charge on any atom is 0.215 e. The molecule has 1 saturated heterocycles. The van der Waals surface area contributed by atoms with Crippen LogP contribution in [0.2, 0.25) is 0 Å². The molecule has 1 aromatic carbocycles. The predicted octanol–water partition coefficient (Wildman–Crippen LogP) is 0.212. The zero-order chi connectivity index (χ0) is 13.7. The number of rotatable bonds is 5. The Kier molecular flexibility index (Phi) is 4.99. The van der Waals surface area contributed by atoms with E-state index in [9.17, 15) is 4.79 Å². The van der Waals surface area contributed by atoms with Crippen molar-refractivity contribution in [2.45, 2.75) is 19.0 Å². The van der Waals surface area contributed by atoms with Gasteiger partial charge in [-0.25, -0.2) is 0 Å². The third kappa shape index (κ3) is 4.08. The van der Waals surface area contributed by atoms with Gasteiger partial charge in [0.1, 0.15) is 0 Å². The topological polar surface area (TPSA) is 52.6 Å². The molecule has 0 unspecified atom stereocenters. The summed E-state index contributed by atoms with van der Waals surface area (Å²) in [6.07, 6.45) is 0.746. The fraction of sp³-hybridized carbons (Fsp3) is 0.500. The molecule has 1 fully saturated rings. The number of nitrogens with one attached hydrogen (secondary N) is 1. The van der Waals surface area contributed by atoms with E-state index in [0.717, 1.165) is 26.1 Å². The second-order valence-electron chi connectivity index (χ2n) is 5.26. The van der Waals surface area contributed by atoms with E-state index in [1.165, 1.54) is 5.56 Å². The number of amides is 1. The Morgan fingerprint density at radius 3 is 2.74 bits per heavy atom. The Morgan fingerprint density at radius 2 is 2.11 bits per heavy atom. The third-order valence-corrected chi connectivity index (χ3v) is 3.65. The summed E-state index contributed by atoms with van der Waals surface area (Å²) in [7, 11) is 1.55. The van der Waals surface area contributed by atoms with E-state index >= 15 is 0 Å². The standard InChI is InChI=1S/C14H21BN2O2/c15-14(19)16-13-10-17(9-12(13)6-7-18)8-11-4-2-1-3-5-11/h1-5,12-13,18H,6-10,15H2,(H,16,19)/t12-,13-/m0/s1. The highest BCUT2D eigenvalue weighted by molar-refractivity contribution is 6.57. The van der Waals surface area contributed by atoms with Crippen LogP contribution in [0.15, 0.2) is 30.3 Å². The van der Waals surface area contributed by atoms with E-state index in [0.29, 0.717) is 5.92 Å². The molecule has 1 aromatic rings. The first-order valence-electron chi connectivity index (χ1n) is 6.83. The van der Waals surface area contributed by atoms with Crippen molar-refractivity contribution < 1.29 is 9.90 Å². The summed E-state index contributed by atoms with van der Waals surface area (Å²) < 4.78 is 0. The van der Waals surface area contributed by atoms with E-state index in [-0.39, 0.29) is 18.5 Å². The van der Waals surface area contributed by atoms with Crippen molar-refractivity contribution in [3.63, 3.8) is 0 Å². The number of hydrogen-bond donors (Lipinski definition) is 2. The summed E-state index contributed by atoms with van der Waals surface area (Å²) in [6, 6.07) is 10.5. The number of aliphatic hydroxyl groups excluding tert-OH is 1. The van der Waals surface area contributed by atoms with Crippen LogP contribution in [-0.2, 0) is 6.54 Å². The maximum atomic E-state index is 11.2. The Balaban J connectivity index is 1.95. The van der Waals surface area contributed by atoms with Crippen LogP contribution in [0.25, 0.3) is 0 Å². The minimum atomic E-state index is 0.00880. The molecule has 2 N–H and O–H groups in total. The number of benzene rings is 1. The molecule has 0 saturated carbocycles. The van der Waals surface area contributed by atoms with Gasteiger partial charge in [-0.2, -0.15) is 0 Å². The monoisotopic (exact) mass is 260 g/mol. The van der Waals surface area contributed by atoms with Crippen LogP contribution in [0.5, 0.6) is 0 Å². The maximum absolute atomic E-state index is 11.2. The molecule has 1 heterocycles. The zero-order valence-electron chi connectivity index (χ0n) is 11.4. The smallest absolute Gasteiger partial charge is 0.215 e. The Labute approximate surface area is 115 Å². The van der Waals surface area contributed by atoms with Crippen molar-refractivity contribution >= 4 is 13.7 Å². The summed E-state index contributed by atoms with van der Waals surface area (Å²) in [6.45, 7) is 2.87. The van der Waals surface area contributed by atoms with Gasteiger partial charge in [-0.05, 0) is 17.9 Å². The molecule has 1 amide bonds. The van der Waals surface area contributed by atoms with E-state index < -0.39 is 0 Å². The molecule has 1 aliphatic heterocycles. The van der Waals surface area contributed by atoms with Gasteiger partial charge in [0.05, 0.1) is 0 Å². The average molecular weight is 260 g/mol. The zero-order valence-corrected chi connectivity index (χ0v) is 11.4. The van der Waals surface area contributed by atoms with Crippen LogP contribution in [0.3, 0.4) is 0 Å². The first-order chi connectivity index (χ1) is 9.19. The van der Waals surface area contributed by atoms with Crippen molar-refractivity contribution in [1.82, 2.24) is 10.2 Å². The lowest BCUT2D eigenvalue weighted by atomic mass is 9.98. The van der Waals surface area contributed by atoms with Crippen LogP contribution < -0.4 is 5.32 Å². The van der Waals surface area contributed by atoms with E-state index in [1.54, 1.807) is 7.85 Å². The second kappa shape index (κ2) is 6.73. The van der Waals surface area contributed by atoms with Gasteiger partial charge in [-0.15, -0.1) is 0 Å². The van der Waals surface area contributed by atoms with Crippen LogP contribution >= 0.6 is 0 Å². The highest BCUT2D eigenvalue weighted by Gasteiger charge is 2.32. The number of hydrogen-bond acceptors (Lipinski definition) is 3. The second-order valence-corrected chi connectivity index (χ2v) is 5.26. The molecule has 0 bridgehead atoms. The van der Waals surface area contributed by atoms with Gasteiger partial charge in [0.2, 0.25) is 7.85 Å². The Morgan fingerprint density at radius 1 is 1.37 bits per heavy atom. The minimum absolute atomic E-state index is 0.00880. The van der Waals surface area contributed by atoms with Gasteiger partial charge in [0.25, 0.3) is 0 Å². The molecule has 0 aliphatic carbocycles. The molecule has 1 aliphatic rings. The Hall–Kier alpha value is -1.33. The lowest BCUT2D eigenvalue weighted by molar-refractivity contribution is 0.236. The summed E-state index contributed by atoms with van der Waals surface area (Å²) in [5.41, 5.74) is 1.29. The highest BCUT2D eigenvalue weighted by atomic mass is 16.3. The van der Waals surface area contributed by atoms with Crippen LogP contribution in [-0.4, -0.2) is 49.4 Å². The Bertz CT molecular complexity index is 413. The third-order valence-electron chi connectivity index (χ3n) is 3.65. The summed E-state index contributed by atoms with van der Waals surface area (Å²) in [5.74, 6) is 0.354. The average Bonchev–Trinajstić information content (AvgIpc) is 2.72. The molecule has 2 rings (SSSR count). The van der Waals surface area contributed by atoms with Crippen LogP contribution in [0.1, 0.15) is 12.0 Å². The number of carbonyl (C=O) groups is 1. The first kappa shape index (κ1) is 14.1. The number of aliphatic hydroxyl groups is 1. The largest absolute Gasteiger partial charge is 0.396 e. The van der Waals surface area contributed by atoms with Crippen molar-refractivity contribution in [1.29, 1.82) is 0 Å². The van der Waals surface area contributed by atoms with Crippen LogP contribution in [0.4, 0.5) is 4.79 Å². The molecular formula is C14H21BN2O2. The molecule has 4 nitrogen and oxygen atoms in total. The molecule has 2 atom stereocenters. The molecule has 0 spiro atoms. The van der Waals surface area contributed by atoms with E-state index in [4.69, 9.17) is 5.11 Å². The van der Waals surface area contributed by atoms with Gasteiger partial charge >= 0.3 is 0 Å². The van der Waals surface area contributed by atoms with Gasteiger partial charge in [0, 0.05) is 32.3 Å². The SMILES string of the molecule is BC(=O)N[C@H]1CN(Cc2ccccc2)C[C@@H]1CCO. The number of likely N-dealkylation sites (tertiary alicyclic amines) is 1. The van der Waals surface area contributed by atoms with Crippen molar-refractivity contribution in [2.75, 3.05) is 19.7 Å². The van der Waals surface area contributed by atoms with Gasteiger partial charge in [-0.1, -0.05) is 30.3 Å². The van der Waals surface area contributed by atoms with Crippen molar-refractivity contribution in [3.05, 3.63) is 35.9 Å². The molecule has 19 heavy (non-hydrogen) atoms. The minimum Gasteiger partial charge on any atom is -0.396 e. The lowest BCUT2D eigenvalue weighted by Crippen LogP contribution is -2.40. The molecule has 0 radical (unpaired) electrons. The van der Waals surface area contributed by atoms with E-state index in [2.05, 4.69) is 22.3 Å². The predicted molar refractivity (Wildman–Crippen MR) is 77.8 cm³/mol. The normalized spacial score (nSPS) is 23.4. The molecular weight excluding hydrogens is 239 g/mol. The number of carbonyl (C=O) groups excluding carboxylic acids is 1. The fourth-order valence-electron chi connectivity index (χ4n) is 2.81. The summed E-state index contributed by atoms with van der Waals surface area (Å²) in [5, 5.41) is 12.1. The van der Waals surface area contributed by atoms with Gasteiger partial charge < -0.3 is 10.4 Å². The van der Waals surface area contributed by atoms with Crippen molar-refractivity contribution in [2.24, 2.45) is 5.92 Å². The number of nitrogens with zero attached hydrogens (tertiary/aromatic N) is 1.